The van der Waals surface area contributed by atoms with Crippen molar-refractivity contribution in [3.8, 4) is 34.1 Å². The Morgan fingerprint density at radius 3 is 2.38 bits per heavy atom. The summed E-state index contributed by atoms with van der Waals surface area (Å²) in [5, 5.41) is 10.7. The van der Waals surface area contributed by atoms with Crippen molar-refractivity contribution < 1.29 is 14.7 Å². The number of aldehydes is 1. The van der Waals surface area contributed by atoms with Gasteiger partial charge >= 0.3 is 0 Å². The number of phenols is 1. The molecule has 234 valence electrons. The normalized spacial score (nSPS) is 13.6. The predicted octanol–water partition coefficient (Wildman–Crippen LogP) is 5.86. The van der Waals surface area contributed by atoms with E-state index < -0.39 is 0 Å². The highest BCUT2D eigenvalue weighted by Crippen LogP contribution is 2.32. The van der Waals surface area contributed by atoms with Crippen LogP contribution in [0.2, 0.25) is 5.02 Å². The largest absolute Gasteiger partial charge is 0.507 e. The lowest BCUT2D eigenvalue weighted by Gasteiger charge is -2.34. The van der Waals surface area contributed by atoms with E-state index in [1.54, 1.807) is 17.2 Å². The van der Waals surface area contributed by atoms with Gasteiger partial charge in [0.25, 0.3) is 5.91 Å². The number of hydrogen-bond acceptors (Lipinski definition) is 8. The van der Waals surface area contributed by atoms with Gasteiger partial charge in [-0.3, -0.25) is 19.1 Å². The van der Waals surface area contributed by atoms with E-state index in [2.05, 4.69) is 34.1 Å². The Balaban J connectivity index is 1.12. The molecule has 0 saturated carbocycles. The number of imidazole rings is 1. The molecule has 3 N–H and O–H groups in total. The van der Waals surface area contributed by atoms with E-state index in [-0.39, 0.29) is 17.2 Å². The molecule has 10 nitrogen and oxygen atoms in total. The molecule has 1 aliphatic heterocycles. The Morgan fingerprint density at radius 2 is 1.68 bits per heavy atom. The van der Waals surface area contributed by atoms with Gasteiger partial charge in [-0.25, -0.2) is 15.0 Å². The Labute approximate surface area is 275 Å². The monoisotopic (exact) mass is 643 g/mol. The standard InChI is InChI=1S/C36H30ClN7O3/c37-27-9-7-24(8-10-27)30-13-14-31-35(40-30)44(34(41-31)29-2-1-15-39-33(29)38)28-11-3-23(4-12-28)21-42-16-18-43(19-17-42)36(47)25-5-6-26(22-45)32(46)20-25/h1-15,20,22,46H,16-19,21H2,(H2,38,39). The maximum atomic E-state index is 13.0. The van der Waals surface area contributed by atoms with Gasteiger partial charge in [0.1, 0.15) is 17.1 Å². The first-order chi connectivity index (χ1) is 22.9. The molecule has 1 aliphatic rings. The van der Waals surface area contributed by atoms with Gasteiger partial charge in [-0.05, 0) is 72.3 Å². The maximum Gasteiger partial charge on any atom is 0.254 e. The number of halogens is 1. The molecular weight excluding hydrogens is 614 g/mol. The molecule has 1 amide bonds. The first-order valence-corrected chi connectivity index (χ1v) is 15.5. The topological polar surface area (TPSA) is 130 Å². The van der Waals surface area contributed by atoms with Crippen molar-refractivity contribution >= 4 is 40.8 Å². The fourth-order valence-corrected chi connectivity index (χ4v) is 5.97. The van der Waals surface area contributed by atoms with E-state index in [9.17, 15) is 14.7 Å². The second-order valence-electron chi connectivity index (χ2n) is 11.4. The van der Waals surface area contributed by atoms with Gasteiger partial charge in [0.05, 0.1) is 16.8 Å². The summed E-state index contributed by atoms with van der Waals surface area (Å²) in [5.74, 6) is 0.678. The van der Waals surface area contributed by atoms with E-state index in [1.165, 1.54) is 12.1 Å². The zero-order valence-corrected chi connectivity index (χ0v) is 26.0. The highest BCUT2D eigenvalue weighted by Gasteiger charge is 2.23. The molecule has 0 bridgehead atoms. The molecular formula is C36H30ClN7O3. The predicted molar refractivity (Wildman–Crippen MR) is 182 cm³/mol. The number of anilines is 1. The van der Waals surface area contributed by atoms with Crippen LogP contribution in [0.1, 0.15) is 26.3 Å². The van der Waals surface area contributed by atoms with Gasteiger partial charge in [0.2, 0.25) is 0 Å². The van der Waals surface area contributed by atoms with Gasteiger partial charge in [-0.15, -0.1) is 0 Å². The Kier molecular flexibility index (Phi) is 8.11. The number of piperazine rings is 1. The van der Waals surface area contributed by atoms with Gasteiger partial charge in [0, 0.05) is 60.8 Å². The number of nitrogens with zero attached hydrogens (tertiary/aromatic N) is 6. The van der Waals surface area contributed by atoms with Crippen LogP contribution in [0.4, 0.5) is 5.82 Å². The minimum atomic E-state index is -0.189. The summed E-state index contributed by atoms with van der Waals surface area (Å²) < 4.78 is 2.01. The quantitative estimate of drug-likeness (QED) is 0.207. The minimum Gasteiger partial charge on any atom is -0.507 e. The van der Waals surface area contributed by atoms with E-state index in [1.807, 2.05) is 53.1 Å². The highest BCUT2D eigenvalue weighted by atomic mass is 35.5. The third-order valence-electron chi connectivity index (χ3n) is 8.39. The number of fused-ring (bicyclic) bond motifs is 1. The molecule has 1 saturated heterocycles. The molecule has 6 aromatic rings. The number of nitrogens with two attached hydrogens (primary N) is 1. The average Bonchev–Trinajstić information content (AvgIpc) is 3.48. The third-order valence-corrected chi connectivity index (χ3v) is 8.64. The Morgan fingerprint density at radius 1 is 0.915 bits per heavy atom. The van der Waals surface area contributed by atoms with Crippen molar-refractivity contribution in [2.75, 3.05) is 31.9 Å². The van der Waals surface area contributed by atoms with Crippen LogP contribution in [0, 0.1) is 0 Å². The number of aromatic nitrogens is 4. The van der Waals surface area contributed by atoms with Gasteiger partial charge in [0.15, 0.2) is 17.8 Å². The van der Waals surface area contributed by atoms with Crippen molar-refractivity contribution in [3.63, 3.8) is 0 Å². The summed E-state index contributed by atoms with van der Waals surface area (Å²) in [5.41, 5.74) is 12.7. The van der Waals surface area contributed by atoms with Crippen LogP contribution in [0.15, 0.2) is 97.2 Å². The molecule has 1 fully saturated rings. The summed E-state index contributed by atoms with van der Waals surface area (Å²) in [6.07, 6.45) is 2.22. The molecule has 0 aliphatic carbocycles. The number of benzene rings is 3. The highest BCUT2D eigenvalue weighted by molar-refractivity contribution is 6.30. The van der Waals surface area contributed by atoms with Gasteiger partial charge < -0.3 is 15.7 Å². The molecule has 3 aromatic heterocycles. The molecule has 0 spiro atoms. The molecule has 4 heterocycles. The first kappa shape index (κ1) is 30.1. The second-order valence-corrected chi connectivity index (χ2v) is 11.8. The number of aromatic hydroxyl groups is 1. The molecule has 0 unspecified atom stereocenters. The number of phenolic OH excluding ortho intramolecular Hbond substituents is 1. The molecule has 0 radical (unpaired) electrons. The van der Waals surface area contributed by atoms with Crippen molar-refractivity contribution in [2.24, 2.45) is 0 Å². The fraction of sp³-hybridized carbons (Fsp3) is 0.139. The van der Waals surface area contributed by atoms with Crippen LogP contribution in [0.3, 0.4) is 0 Å². The SMILES string of the molecule is Nc1ncccc1-c1nc2ccc(-c3ccc(Cl)cc3)nc2n1-c1ccc(CN2CCN(C(=O)c3ccc(C=O)c(O)c3)CC2)cc1. The lowest BCUT2D eigenvalue weighted by Crippen LogP contribution is -2.48. The van der Waals surface area contributed by atoms with Crippen LogP contribution in [0.5, 0.6) is 5.75 Å². The van der Waals surface area contributed by atoms with Crippen LogP contribution in [-0.2, 0) is 6.54 Å². The molecule has 7 rings (SSSR count). The lowest BCUT2D eigenvalue weighted by molar-refractivity contribution is 0.0628. The van der Waals surface area contributed by atoms with Gasteiger partial charge in [-0.1, -0.05) is 35.9 Å². The van der Waals surface area contributed by atoms with Crippen molar-refractivity contribution in [2.45, 2.75) is 6.54 Å². The van der Waals surface area contributed by atoms with Crippen molar-refractivity contribution in [1.29, 1.82) is 0 Å². The summed E-state index contributed by atoms with van der Waals surface area (Å²) >= 11 is 6.13. The van der Waals surface area contributed by atoms with Crippen LogP contribution >= 0.6 is 11.6 Å². The number of rotatable bonds is 7. The number of hydrogen-bond donors (Lipinski definition) is 2. The van der Waals surface area contributed by atoms with E-state index in [4.69, 9.17) is 27.3 Å². The second kappa shape index (κ2) is 12.7. The minimum absolute atomic E-state index is 0.160. The zero-order chi connectivity index (χ0) is 32.5. The third kappa shape index (κ3) is 6.04. The smallest absolute Gasteiger partial charge is 0.254 e. The van der Waals surface area contributed by atoms with E-state index in [0.29, 0.717) is 65.9 Å². The summed E-state index contributed by atoms with van der Waals surface area (Å²) in [7, 11) is 0. The Hall–Kier alpha value is -5.58. The first-order valence-electron chi connectivity index (χ1n) is 15.1. The van der Waals surface area contributed by atoms with Crippen molar-refractivity contribution in [3.05, 3.63) is 119 Å². The maximum absolute atomic E-state index is 13.0. The number of amides is 1. The van der Waals surface area contributed by atoms with Gasteiger partial charge in [-0.2, -0.15) is 0 Å². The summed E-state index contributed by atoms with van der Waals surface area (Å²) in [6.45, 7) is 3.26. The van der Waals surface area contributed by atoms with Crippen LogP contribution in [-0.4, -0.2) is 72.8 Å². The molecule has 11 heteroatoms. The molecule has 47 heavy (non-hydrogen) atoms. The van der Waals surface area contributed by atoms with Crippen LogP contribution in [0.25, 0.3) is 39.5 Å². The van der Waals surface area contributed by atoms with Crippen LogP contribution < -0.4 is 5.73 Å². The zero-order valence-electron chi connectivity index (χ0n) is 25.3. The summed E-state index contributed by atoms with van der Waals surface area (Å²) in [6, 6.07) is 27.9. The Bertz CT molecular complexity index is 2100. The number of carbonyl (C=O) groups excluding carboxylic acids is 2. The lowest BCUT2D eigenvalue weighted by atomic mass is 10.1. The van der Waals surface area contributed by atoms with Crippen molar-refractivity contribution in [1.82, 2.24) is 29.3 Å². The number of pyridine rings is 2. The number of nitrogen functional groups attached to an aromatic ring is 1. The molecule has 0 atom stereocenters. The average molecular weight is 644 g/mol. The summed E-state index contributed by atoms with van der Waals surface area (Å²) in [4.78, 5) is 42.3. The fourth-order valence-electron chi connectivity index (χ4n) is 5.85. The number of carbonyl (C=O) groups is 2. The molecule has 3 aromatic carbocycles. The van der Waals surface area contributed by atoms with E-state index in [0.717, 1.165) is 34.6 Å². The van der Waals surface area contributed by atoms with E-state index >= 15 is 0 Å².